The van der Waals surface area contributed by atoms with Crippen LogP contribution in [0.15, 0.2) is 0 Å². The average molecular weight is 295 g/mol. The molecule has 0 amide bonds. The van der Waals surface area contributed by atoms with E-state index in [-0.39, 0.29) is 0 Å². The Kier molecular flexibility index (Phi) is 3.23. The van der Waals surface area contributed by atoms with Crippen molar-refractivity contribution in [1.82, 2.24) is 0 Å². The Hall–Kier alpha value is 0.290. The highest BCUT2D eigenvalue weighted by Gasteiger charge is 2.57. The van der Waals surface area contributed by atoms with Gasteiger partial charge in [0.25, 0.3) is 0 Å². The molecular weight excluding hydrogens is 264 g/mol. The highest BCUT2D eigenvalue weighted by Crippen LogP contribution is 2.66. The van der Waals surface area contributed by atoms with Gasteiger partial charge in [-0.2, -0.15) is 0 Å². The van der Waals surface area contributed by atoms with Crippen LogP contribution in [0.3, 0.4) is 0 Å². The van der Waals surface area contributed by atoms with Gasteiger partial charge in [-0.15, -0.1) is 11.6 Å². The molecule has 0 N–H and O–H groups in total. The van der Waals surface area contributed by atoms with Crippen LogP contribution in [0, 0.1) is 34.5 Å². The number of hydrogen-bond donors (Lipinski definition) is 0. The molecule has 0 bridgehead atoms. The summed E-state index contributed by atoms with van der Waals surface area (Å²) < 4.78 is 0. The monoisotopic (exact) mass is 294 g/mol. The van der Waals surface area contributed by atoms with Crippen molar-refractivity contribution in [2.24, 2.45) is 34.5 Å². The van der Waals surface area contributed by atoms with Crippen molar-refractivity contribution < 1.29 is 0 Å². The molecule has 4 saturated carbocycles. The molecule has 0 spiro atoms. The van der Waals surface area contributed by atoms with Gasteiger partial charge in [-0.3, -0.25) is 0 Å². The lowest BCUT2D eigenvalue weighted by molar-refractivity contribution is -0.102. The third-order valence-electron chi connectivity index (χ3n) is 8.38. The Labute approximate surface area is 130 Å². The maximum absolute atomic E-state index is 6.48. The molecule has 0 saturated heterocycles. The first-order chi connectivity index (χ1) is 9.53. The van der Waals surface area contributed by atoms with Gasteiger partial charge in [-0.25, -0.2) is 0 Å². The number of rotatable bonds is 0. The van der Waals surface area contributed by atoms with Crippen LogP contribution in [0.25, 0.3) is 0 Å². The smallest absolute Gasteiger partial charge is 0.0339 e. The number of fused-ring (bicyclic) bond motifs is 5. The van der Waals surface area contributed by atoms with Gasteiger partial charge in [-0.1, -0.05) is 20.3 Å². The summed E-state index contributed by atoms with van der Waals surface area (Å²) in [5, 5.41) is 0.477. The first kappa shape index (κ1) is 13.9. The summed E-state index contributed by atoms with van der Waals surface area (Å²) in [7, 11) is 0. The van der Waals surface area contributed by atoms with Crippen LogP contribution in [0.2, 0.25) is 0 Å². The van der Waals surface area contributed by atoms with E-state index in [1.165, 1.54) is 64.2 Å². The minimum Gasteiger partial charge on any atom is -0.123 e. The largest absolute Gasteiger partial charge is 0.123 e. The molecule has 0 aliphatic heterocycles. The normalized spacial score (nSPS) is 58.6. The predicted molar refractivity (Wildman–Crippen MR) is 86.0 cm³/mol. The van der Waals surface area contributed by atoms with E-state index < -0.39 is 0 Å². The topological polar surface area (TPSA) is 0 Å². The van der Waals surface area contributed by atoms with Crippen molar-refractivity contribution in [2.75, 3.05) is 0 Å². The van der Waals surface area contributed by atoms with E-state index in [0.29, 0.717) is 16.2 Å². The first-order valence-corrected chi connectivity index (χ1v) is 9.61. The second-order valence-electron chi connectivity index (χ2n) is 9.11. The summed E-state index contributed by atoms with van der Waals surface area (Å²) >= 11 is 6.48. The van der Waals surface area contributed by atoms with Gasteiger partial charge in [0.2, 0.25) is 0 Å². The van der Waals surface area contributed by atoms with Crippen LogP contribution >= 0.6 is 11.6 Å². The highest BCUT2D eigenvalue weighted by molar-refractivity contribution is 6.20. The molecule has 4 fully saturated rings. The average Bonchev–Trinajstić information content (AvgIpc) is 2.81. The number of halogens is 1. The Morgan fingerprint density at radius 3 is 2.55 bits per heavy atom. The lowest BCUT2D eigenvalue weighted by Gasteiger charge is -2.60. The number of hydrogen-bond acceptors (Lipinski definition) is 0. The zero-order valence-corrected chi connectivity index (χ0v) is 14.1. The Morgan fingerprint density at radius 1 is 0.850 bits per heavy atom. The minimum atomic E-state index is 0.477. The zero-order chi connectivity index (χ0) is 14.0. The van der Waals surface area contributed by atoms with Gasteiger partial charge in [0.05, 0.1) is 0 Å². The van der Waals surface area contributed by atoms with Crippen molar-refractivity contribution in [3.05, 3.63) is 0 Å². The molecule has 0 aromatic heterocycles. The molecular formula is C19H31Cl. The van der Waals surface area contributed by atoms with Gasteiger partial charge < -0.3 is 0 Å². The molecule has 0 unspecified atom stereocenters. The molecule has 4 aliphatic carbocycles. The van der Waals surface area contributed by atoms with Gasteiger partial charge in [-0.05, 0) is 92.3 Å². The summed E-state index contributed by atoms with van der Waals surface area (Å²) in [6.45, 7) is 5.26. The molecule has 20 heavy (non-hydrogen) atoms. The fraction of sp³-hybridized carbons (Fsp3) is 1.00. The quantitative estimate of drug-likeness (QED) is 0.479. The first-order valence-electron chi connectivity index (χ1n) is 9.17. The third-order valence-corrected chi connectivity index (χ3v) is 8.78. The van der Waals surface area contributed by atoms with Crippen molar-refractivity contribution >= 4 is 11.6 Å². The van der Waals surface area contributed by atoms with Crippen molar-refractivity contribution in [3.63, 3.8) is 0 Å². The van der Waals surface area contributed by atoms with Crippen molar-refractivity contribution in [1.29, 1.82) is 0 Å². The summed E-state index contributed by atoms with van der Waals surface area (Å²) in [5.74, 6) is 4.09. The van der Waals surface area contributed by atoms with Crippen LogP contribution in [0.1, 0.15) is 78.1 Å². The van der Waals surface area contributed by atoms with E-state index in [1.807, 2.05) is 0 Å². The van der Waals surface area contributed by atoms with Crippen LogP contribution in [-0.4, -0.2) is 5.38 Å². The molecule has 0 aromatic carbocycles. The minimum absolute atomic E-state index is 0.477. The number of alkyl halides is 1. The standard InChI is InChI=1S/C19H31Cl/c1-18-9-3-4-16(18)15-6-5-13-12-14(20)7-11-19(13,2)17(15)8-10-18/h13-17H,3-12H2,1-2H3/t13-,14+,15-,16-,17-,18-,19-/m0/s1. The SMILES string of the molecule is C[C@@]12CCC[C@H]1[C@@H]1CC[C@H]3C[C@H](Cl)CC[C@]3(C)[C@H]1CC2. The maximum atomic E-state index is 6.48. The van der Waals surface area contributed by atoms with E-state index in [4.69, 9.17) is 11.6 Å². The summed E-state index contributed by atoms with van der Waals surface area (Å²) in [6.07, 6.45) is 14.6. The zero-order valence-electron chi connectivity index (χ0n) is 13.3. The summed E-state index contributed by atoms with van der Waals surface area (Å²) in [5.41, 5.74) is 1.35. The van der Waals surface area contributed by atoms with Crippen LogP contribution in [0.5, 0.6) is 0 Å². The lowest BCUT2D eigenvalue weighted by atomic mass is 9.45. The van der Waals surface area contributed by atoms with Gasteiger partial charge in [0.15, 0.2) is 0 Å². The maximum Gasteiger partial charge on any atom is 0.0339 e. The fourth-order valence-corrected chi connectivity index (χ4v) is 7.52. The Balaban J connectivity index is 1.62. The van der Waals surface area contributed by atoms with E-state index >= 15 is 0 Å². The molecule has 0 heterocycles. The second kappa shape index (κ2) is 4.64. The van der Waals surface area contributed by atoms with Crippen LogP contribution < -0.4 is 0 Å². The predicted octanol–water partition coefficient (Wildman–Crippen LogP) is 6.03. The third kappa shape index (κ3) is 1.86. The highest BCUT2D eigenvalue weighted by atomic mass is 35.5. The molecule has 0 aromatic rings. The Bertz CT molecular complexity index is 391. The second-order valence-corrected chi connectivity index (χ2v) is 9.73. The van der Waals surface area contributed by atoms with Crippen molar-refractivity contribution in [3.8, 4) is 0 Å². The van der Waals surface area contributed by atoms with Gasteiger partial charge in [0.1, 0.15) is 0 Å². The van der Waals surface area contributed by atoms with Crippen LogP contribution in [-0.2, 0) is 0 Å². The van der Waals surface area contributed by atoms with Gasteiger partial charge in [0, 0.05) is 5.38 Å². The van der Waals surface area contributed by atoms with E-state index in [0.717, 1.165) is 23.7 Å². The molecule has 4 aliphatic rings. The molecule has 4 rings (SSSR count). The summed E-state index contributed by atoms with van der Waals surface area (Å²) in [4.78, 5) is 0. The van der Waals surface area contributed by atoms with Crippen LogP contribution in [0.4, 0.5) is 0 Å². The fourth-order valence-electron chi connectivity index (χ4n) is 7.20. The van der Waals surface area contributed by atoms with Gasteiger partial charge >= 0.3 is 0 Å². The van der Waals surface area contributed by atoms with E-state index in [9.17, 15) is 0 Å². The van der Waals surface area contributed by atoms with E-state index in [2.05, 4.69) is 13.8 Å². The molecule has 0 radical (unpaired) electrons. The lowest BCUT2D eigenvalue weighted by Crippen LogP contribution is -2.52. The molecule has 7 atom stereocenters. The van der Waals surface area contributed by atoms with Crippen molar-refractivity contribution in [2.45, 2.75) is 83.4 Å². The van der Waals surface area contributed by atoms with E-state index in [1.54, 1.807) is 0 Å². The molecule has 114 valence electrons. The molecule has 1 heteroatoms. The Morgan fingerprint density at radius 2 is 1.70 bits per heavy atom. The summed E-state index contributed by atoms with van der Waals surface area (Å²) in [6, 6.07) is 0. The molecule has 0 nitrogen and oxygen atoms in total.